The summed E-state index contributed by atoms with van der Waals surface area (Å²) < 4.78 is 0. The van der Waals surface area contributed by atoms with E-state index in [-0.39, 0.29) is 5.41 Å². The van der Waals surface area contributed by atoms with E-state index in [0.29, 0.717) is 5.92 Å². The minimum Gasteiger partial charge on any atom is -0.0619 e. The Kier molecular flexibility index (Phi) is 1.98. The maximum Gasteiger partial charge on any atom is 0.0441 e. The molecule has 3 aromatic rings. The molecule has 23 heavy (non-hydrogen) atoms. The van der Waals surface area contributed by atoms with E-state index in [2.05, 4.69) is 78.9 Å². The third-order valence-electron chi connectivity index (χ3n) is 6.12. The summed E-state index contributed by atoms with van der Waals surface area (Å²) >= 11 is 0. The predicted molar refractivity (Wildman–Crippen MR) is 94.4 cm³/mol. The van der Waals surface area contributed by atoms with Crippen molar-refractivity contribution in [3.63, 3.8) is 0 Å². The SMILES string of the molecule is C1=C2C(CC23c2ccccc2-c2ccccc23)c2ccccc21. The Labute approximate surface area is 136 Å². The molecule has 0 heteroatoms. The monoisotopic (exact) mass is 292 g/mol. The summed E-state index contributed by atoms with van der Waals surface area (Å²) in [5.41, 5.74) is 10.6. The zero-order valence-electron chi connectivity index (χ0n) is 12.8. The van der Waals surface area contributed by atoms with Crippen LogP contribution in [-0.4, -0.2) is 0 Å². The lowest BCUT2D eigenvalue weighted by atomic mass is 9.54. The van der Waals surface area contributed by atoms with Gasteiger partial charge in [-0.25, -0.2) is 0 Å². The van der Waals surface area contributed by atoms with Crippen molar-refractivity contribution in [2.24, 2.45) is 0 Å². The molecular formula is C23H16. The number of rotatable bonds is 0. The molecule has 0 aliphatic heterocycles. The van der Waals surface area contributed by atoms with Gasteiger partial charge in [0.25, 0.3) is 0 Å². The van der Waals surface area contributed by atoms with Gasteiger partial charge >= 0.3 is 0 Å². The van der Waals surface area contributed by atoms with Crippen molar-refractivity contribution in [2.45, 2.75) is 17.8 Å². The van der Waals surface area contributed by atoms with Crippen LogP contribution in [0, 0.1) is 0 Å². The van der Waals surface area contributed by atoms with Gasteiger partial charge in [0.05, 0.1) is 0 Å². The number of benzene rings is 3. The molecule has 6 rings (SSSR count). The second-order valence-corrected chi connectivity index (χ2v) is 6.98. The van der Waals surface area contributed by atoms with E-state index in [0.717, 1.165) is 0 Å². The van der Waals surface area contributed by atoms with Crippen molar-refractivity contribution in [2.75, 3.05) is 0 Å². The standard InChI is InChI=1S/C23H16/c1-2-8-16-15(7-1)13-22-19(16)14-23(22)20-11-5-3-9-17(20)18-10-4-6-12-21(18)23/h1-13,19H,14H2. The van der Waals surface area contributed by atoms with Gasteiger partial charge in [-0.1, -0.05) is 78.9 Å². The third kappa shape index (κ3) is 1.22. The van der Waals surface area contributed by atoms with E-state index in [9.17, 15) is 0 Å². The fourth-order valence-electron chi connectivity index (χ4n) is 5.19. The highest BCUT2D eigenvalue weighted by molar-refractivity contribution is 5.88. The maximum absolute atomic E-state index is 2.46. The first-order valence-electron chi connectivity index (χ1n) is 8.40. The molecule has 108 valence electrons. The van der Waals surface area contributed by atoms with Crippen LogP contribution in [0.5, 0.6) is 0 Å². The highest BCUT2D eigenvalue weighted by Gasteiger charge is 2.57. The molecule has 1 unspecified atom stereocenters. The lowest BCUT2D eigenvalue weighted by molar-refractivity contribution is 0.394. The molecule has 0 nitrogen and oxygen atoms in total. The topological polar surface area (TPSA) is 0 Å². The number of allylic oxidation sites excluding steroid dienone is 1. The van der Waals surface area contributed by atoms with Gasteiger partial charge in [0.1, 0.15) is 0 Å². The van der Waals surface area contributed by atoms with Gasteiger partial charge in [-0.2, -0.15) is 0 Å². The quantitative estimate of drug-likeness (QED) is 0.510. The molecule has 1 atom stereocenters. The molecule has 1 saturated carbocycles. The molecule has 0 saturated heterocycles. The minimum atomic E-state index is 0.122. The summed E-state index contributed by atoms with van der Waals surface area (Å²) in [6, 6.07) is 26.9. The first kappa shape index (κ1) is 11.9. The fourth-order valence-corrected chi connectivity index (χ4v) is 5.19. The van der Waals surface area contributed by atoms with Crippen LogP contribution in [0.1, 0.15) is 34.6 Å². The van der Waals surface area contributed by atoms with Crippen LogP contribution in [0.3, 0.4) is 0 Å². The molecule has 0 bridgehead atoms. The Morgan fingerprint density at radius 3 is 2.04 bits per heavy atom. The molecule has 0 amide bonds. The zero-order chi connectivity index (χ0) is 15.0. The Hall–Kier alpha value is -2.60. The van der Waals surface area contributed by atoms with Gasteiger partial charge in [0.2, 0.25) is 0 Å². The smallest absolute Gasteiger partial charge is 0.0441 e. The molecule has 1 fully saturated rings. The molecule has 3 aliphatic rings. The molecular weight excluding hydrogens is 276 g/mol. The van der Waals surface area contributed by atoms with Gasteiger partial charge < -0.3 is 0 Å². The average molecular weight is 292 g/mol. The van der Waals surface area contributed by atoms with E-state index in [1.54, 1.807) is 5.57 Å². The molecule has 0 aromatic heterocycles. The van der Waals surface area contributed by atoms with Crippen LogP contribution in [0.4, 0.5) is 0 Å². The van der Waals surface area contributed by atoms with Crippen LogP contribution in [0.25, 0.3) is 17.2 Å². The van der Waals surface area contributed by atoms with Gasteiger partial charge in [0.15, 0.2) is 0 Å². The Balaban J connectivity index is 1.65. The van der Waals surface area contributed by atoms with E-state index in [1.165, 1.54) is 39.8 Å². The fraction of sp³-hybridized carbons (Fsp3) is 0.130. The van der Waals surface area contributed by atoms with E-state index in [1.807, 2.05) is 0 Å². The molecule has 1 spiro atoms. The van der Waals surface area contributed by atoms with Gasteiger partial charge in [-0.15, -0.1) is 0 Å². The molecule has 0 heterocycles. The lowest BCUT2D eigenvalue weighted by Gasteiger charge is -2.48. The van der Waals surface area contributed by atoms with Crippen LogP contribution in [0.2, 0.25) is 0 Å². The zero-order valence-corrected chi connectivity index (χ0v) is 12.8. The molecule has 0 N–H and O–H groups in total. The number of fused-ring (bicyclic) bond motifs is 9. The summed E-state index contributed by atoms with van der Waals surface area (Å²) in [7, 11) is 0. The minimum absolute atomic E-state index is 0.122. The summed E-state index contributed by atoms with van der Waals surface area (Å²) in [6.07, 6.45) is 3.67. The van der Waals surface area contributed by atoms with E-state index >= 15 is 0 Å². The maximum atomic E-state index is 2.46. The second kappa shape index (κ2) is 3.83. The predicted octanol–water partition coefficient (Wildman–Crippen LogP) is 5.54. The van der Waals surface area contributed by atoms with Crippen molar-refractivity contribution in [3.8, 4) is 11.1 Å². The van der Waals surface area contributed by atoms with Gasteiger partial charge in [-0.05, 0) is 45.4 Å². The van der Waals surface area contributed by atoms with Crippen molar-refractivity contribution in [3.05, 3.63) is 101 Å². The average Bonchev–Trinajstić information content (AvgIpc) is 3.07. The second-order valence-electron chi connectivity index (χ2n) is 6.98. The van der Waals surface area contributed by atoms with Crippen LogP contribution in [-0.2, 0) is 5.41 Å². The summed E-state index contributed by atoms with van der Waals surface area (Å²) in [4.78, 5) is 0. The van der Waals surface area contributed by atoms with Crippen molar-refractivity contribution >= 4 is 6.08 Å². The normalized spacial score (nSPS) is 21.0. The van der Waals surface area contributed by atoms with E-state index in [4.69, 9.17) is 0 Å². The van der Waals surface area contributed by atoms with E-state index < -0.39 is 0 Å². The number of hydrogen-bond acceptors (Lipinski definition) is 0. The third-order valence-corrected chi connectivity index (χ3v) is 6.12. The Morgan fingerprint density at radius 2 is 1.30 bits per heavy atom. The number of hydrogen-bond donors (Lipinski definition) is 0. The highest BCUT2D eigenvalue weighted by atomic mass is 14.6. The summed E-state index contributed by atoms with van der Waals surface area (Å²) in [6.45, 7) is 0. The van der Waals surface area contributed by atoms with Crippen LogP contribution < -0.4 is 0 Å². The molecule has 0 radical (unpaired) electrons. The van der Waals surface area contributed by atoms with Crippen molar-refractivity contribution < 1.29 is 0 Å². The molecule has 3 aliphatic carbocycles. The Morgan fingerprint density at radius 1 is 0.696 bits per heavy atom. The van der Waals surface area contributed by atoms with Crippen LogP contribution >= 0.6 is 0 Å². The molecule has 3 aromatic carbocycles. The van der Waals surface area contributed by atoms with Crippen LogP contribution in [0.15, 0.2) is 78.4 Å². The van der Waals surface area contributed by atoms with Crippen molar-refractivity contribution in [1.29, 1.82) is 0 Å². The van der Waals surface area contributed by atoms with Crippen molar-refractivity contribution in [1.82, 2.24) is 0 Å². The highest BCUT2D eigenvalue weighted by Crippen LogP contribution is 2.68. The first-order valence-corrected chi connectivity index (χ1v) is 8.40. The summed E-state index contributed by atoms with van der Waals surface area (Å²) in [5, 5.41) is 0. The summed E-state index contributed by atoms with van der Waals surface area (Å²) in [5.74, 6) is 0.616. The van der Waals surface area contributed by atoms with Gasteiger partial charge in [0, 0.05) is 11.3 Å². The first-order chi connectivity index (χ1) is 11.4. The lowest BCUT2D eigenvalue weighted by Crippen LogP contribution is -2.41. The Bertz CT molecular complexity index is 960. The largest absolute Gasteiger partial charge is 0.0619 e. The van der Waals surface area contributed by atoms with Gasteiger partial charge in [-0.3, -0.25) is 0 Å².